The second-order valence-electron chi connectivity index (χ2n) is 8.09. The van der Waals surface area contributed by atoms with Gasteiger partial charge in [-0.05, 0) is 65.1 Å². The van der Waals surface area contributed by atoms with Gasteiger partial charge in [-0.1, -0.05) is 36.4 Å². The fraction of sp³-hybridized carbons (Fsp3) is 0.0741. The number of urea groups is 1. The number of ether oxygens (including phenoxy) is 1. The Kier molecular flexibility index (Phi) is 6.38. The highest BCUT2D eigenvalue weighted by atomic mass is 32.1. The lowest BCUT2D eigenvalue weighted by Crippen LogP contribution is -2.48. The van der Waals surface area contributed by atoms with Gasteiger partial charge in [0.25, 0.3) is 0 Å². The number of benzene rings is 3. The number of hydrogen-bond acceptors (Lipinski definition) is 6. The summed E-state index contributed by atoms with van der Waals surface area (Å²) in [5.74, 6) is -0.238. The number of carboxylic acid groups (broad SMARTS) is 1. The molecule has 1 aliphatic rings. The first-order valence-electron chi connectivity index (χ1n) is 11.1. The lowest BCUT2D eigenvalue weighted by atomic mass is 10.0. The fourth-order valence-electron chi connectivity index (χ4n) is 3.77. The third kappa shape index (κ3) is 4.91. The highest BCUT2D eigenvalue weighted by Crippen LogP contribution is 2.29. The van der Waals surface area contributed by atoms with Gasteiger partial charge in [-0.25, -0.2) is 15.0 Å². The van der Waals surface area contributed by atoms with Crippen LogP contribution in [0.25, 0.3) is 23.4 Å². The predicted molar refractivity (Wildman–Crippen MR) is 139 cm³/mol. The van der Waals surface area contributed by atoms with E-state index in [4.69, 9.17) is 4.74 Å². The van der Waals surface area contributed by atoms with Gasteiger partial charge in [-0.2, -0.15) is 4.37 Å². The summed E-state index contributed by atoms with van der Waals surface area (Å²) in [6, 6.07) is 21.3. The van der Waals surface area contributed by atoms with Crippen molar-refractivity contribution < 1.29 is 19.4 Å². The Morgan fingerprint density at radius 2 is 1.86 bits per heavy atom. The molecule has 9 heteroatoms. The van der Waals surface area contributed by atoms with Gasteiger partial charge in [0, 0.05) is 24.2 Å². The van der Waals surface area contributed by atoms with Gasteiger partial charge in [-0.15, -0.1) is 0 Å². The van der Waals surface area contributed by atoms with E-state index >= 15 is 0 Å². The summed E-state index contributed by atoms with van der Waals surface area (Å²) in [7, 11) is 1.72. The molecule has 0 atom stereocenters. The molecule has 0 unspecified atom stereocenters. The minimum atomic E-state index is -1.04. The Bertz CT molecular complexity index is 1550. The van der Waals surface area contributed by atoms with Crippen LogP contribution in [0, 0.1) is 0 Å². The van der Waals surface area contributed by atoms with Crippen LogP contribution >= 0.6 is 11.5 Å². The summed E-state index contributed by atoms with van der Waals surface area (Å²) in [5.41, 5.74) is 5.60. The number of rotatable bonds is 6. The van der Waals surface area contributed by atoms with Gasteiger partial charge in [0.05, 0.1) is 17.3 Å². The van der Waals surface area contributed by atoms with Crippen LogP contribution in [0.1, 0.15) is 10.4 Å². The van der Waals surface area contributed by atoms with E-state index in [-0.39, 0.29) is 17.3 Å². The van der Waals surface area contributed by atoms with E-state index in [9.17, 15) is 14.7 Å². The molecule has 0 radical (unpaired) electrons. The number of nitrogens with one attached hydrogen (secondary N) is 1. The summed E-state index contributed by atoms with van der Waals surface area (Å²) < 4.78 is 11.1. The molecule has 0 saturated heterocycles. The number of carbonyl (C=O) groups is 2. The lowest BCUT2D eigenvalue weighted by Gasteiger charge is -2.25. The molecule has 36 heavy (non-hydrogen) atoms. The maximum Gasteiger partial charge on any atom is 0.340 e. The number of amides is 2. The second-order valence-corrected chi connectivity index (χ2v) is 8.92. The Labute approximate surface area is 211 Å². The molecule has 180 valence electrons. The number of nitrogens with zero attached hydrogens (tertiary/aromatic N) is 3. The molecule has 0 bridgehead atoms. The maximum atomic E-state index is 12.9. The van der Waals surface area contributed by atoms with Crippen LogP contribution in [0.2, 0.25) is 0 Å². The van der Waals surface area contributed by atoms with Crippen LogP contribution in [0.3, 0.4) is 0 Å². The summed E-state index contributed by atoms with van der Waals surface area (Å²) >= 11 is 1.43. The smallest absolute Gasteiger partial charge is 0.340 e. The number of carboxylic acids is 1. The van der Waals surface area contributed by atoms with Crippen molar-refractivity contribution in [3.05, 3.63) is 94.3 Å². The molecular formula is C27H22N4O4S. The first kappa shape index (κ1) is 23.1. The van der Waals surface area contributed by atoms with E-state index in [0.29, 0.717) is 12.3 Å². The van der Waals surface area contributed by atoms with Crippen molar-refractivity contribution in [1.82, 2.24) is 14.8 Å². The van der Waals surface area contributed by atoms with Crippen LogP contribution in [-0.2, 0) is 0 Å². The van der Waals surface area contributed by atoms with Crippen molar-refractivity contribution in [3.8, 4) is 22.6 Å². The average Bonchev–Trinajstić information content (AvgIpc) is 3.37. The SMILES string of the molecule is CN(C(=O)NN1C=c2cnsc2=CC1)c1cccc(-c2ccc(Oc3ccccc3C(=O)O)cc2)c1. The number of aromatic carboxylic acids is 1. The number of para-hydroxylation sites is 1. The molecule has 0 saturated carbocycles. The topological polar surface area (TPSA) is 95.0 Å². The lowest BCUT2D eigenvalue weighted by molar-refractivity contribution is 0.0694. The van der Waals surface area contributed by atoms with Gasteiger partial charge in [0.2, 0.25) is 0 Å². The molecule has 2 amide bonds. The fourth-order valence-corrected chi connectivity index (χ4v) is 4.41. The second kappa shape index (κ2) is 9.93. The molecule has 3 aromatic carbocycles. The molecule has 0 fully saturated rings. The summed E-state index contributed by atoms with van der Waals surface area (Å²) in [4.78, 5) is 25.8. The first-order chi connectivity index (χ1) is 17.5. The molecule has 2 heterocycles. The van der Waals surface area contributed by atoms with E-state index in [2.05, 4.69) is 9.80 Å². The number of carbonyl (C=O) groups excluding carboxylic acids is 1. The zero-order valence-corrected chi connectivity index (χ0v) is 20.1. The van der Waals surface area contributed by atoms with Crippen LogP contribution in [0.15, 0.2) is 79.0 Å². The van der Waals surface area contributed by atoms with Crippen LogP contribution in [0.4, 0.5) is 10.5 Å². The van der Waals surface area contributed by atoms with Crippen LogP contribution < -0.4 is 24.8 Å². The zero-order chi connectivity index (χ0) is 25.1. The Morgan fingerprint density at radius 3 is 2.67 bits per heavy atom. The Morgan fingerprint density at radius 1 is 1.06 bits per heavy atom. The highest BCUT2D eigenvalue weighted by Gasteiger charge is 2.15. The van der Waals surface area contributed by atoms with Gasteiger partial charge >= 0.3 is 12.0 Å². The van der Waals surface area contributed by atoms with Crippen molar-refractivity contribution in [3.63, 3.8) is 0 Å². The molecule has 2 N–H and O–H groups in total. The molecule has 5 rings (SSSR count). The van der Waals surface area contributed by atoms with Crippen LogP contribution in [-0.4, -0.2) is 40.1 Å². The normalized spacial score (nSPS) is 12.1. The van der Waals surface area contributed by atoms with Crippen molar-refractivity contribution in [2.75, 3.05) is 18.5 Å². The molecular weight excluding hydrogens is 476 g/mol. The van der Waals surface area contributed by atoms with Gasteiger partial charge in [0.15, 0.2) is 0 Å². The third-order valence-electron chi connectivity index (χ3n) is 5.71. The number of anilines is 1. The van der Waals surface area contributed by atoms with Crippen LogP contribution in [0.5, 0.6) is 11.5 Å². The minimum absolute atomic E-state index is 0.100. The van der Waals surface area contributed by atoms with Crippen molar-refractivity contribution >= 4 is 41.5 Å². The monoisotopic (exact) mass is 498 g/mol. The first-order valence-corrected chi connectivity index (χ1v) is 11.9. The Hall–Kier alpha value is -4.63. The average molecular weight is 499 g/mol. The largest absolute Gasteiger partial charge is 0.478 e. The standard InChI is InChI=1S/C27H22N4O4S/c1-30(27(34)29-31-14-13-25-20(17-31)16-28-36-25)21-6-4-5-19(15-21)18-9-11-22(12-10-18)35-24-8-3-2-7-23(24)26(32)33/h2-13,15-17H,14H2,1H3,(H,29,34)(H,32,33). The van der Waals surface area contributed by atoms with Crippen molar-refractivity contribution in [2.45, 2.75) is 0 Å². The molecule has 1 aliphatic heterocycles. The van der Waals surface area contributed by atoms with Gasteiger partial charge in [0.1, 0.15) is 17.1 Å². The summed E-state index contributed by atoms with van der Waals surface area (Å²) in [6.45, 7) is 0.570. The Balaban J connectivity index is 1.28. The number of hydrazine groups is 1. The van der Waals surface area contributed by atoms with E-state index in [1.165, 1.54) is 17.6 Å². The zero-order valence-electron chi connectivity index (χ0n) is 19.3. The molecule has 0 spiro atoms. The molecule has 8 nitrogen and oxygen atoms in total. The molecule has 1 aromatic heterocycles. The van der Waals surface area contributed by atoms with E-state index < -0.39 is 5.97 Å². The van der Waals surface area contributed by atoms with Crippen molar-refractivity contribution in [2.24, 2.45) is 0 Å². The van der Waals surface area contributed by atoms with Gasteiger partial charge < -0.3 is 9.84 Å². The quantitative estimate of drug-likeness (QED) is 0.419. The highest BCUT2D eigenvalue weighted by molar-refractivity contribution is 7.03. The third-order valence-corrected chi connectivity index (χ3v) is 6.52. The summed E-state index contributed by atoms with van der Waals surface area (Å²) in [5, 5.41) is 12.1. The number of hydrogen-bond donors (Lipinski definition) is 2. The predicted octanol–water partition coefficient (Wildman–Crippen LogP) is 3.90. The van der Waals surface area contributed by atoms with Gasteiger partial charge in [-0.3, -0.25) is 9.91 Å². The number of fused-ring (bicyclic) bond motifs is 1. The van der Waals surface area contributed by atoms with Crippen molar-refractivity contribution in [1.29, 1.82) is 0 Å². The molecule has 4 aromatic rings. The van der Waals surface area contributed by atoms with E-state index in [0.717, 1.165) is 26.6 Å². The number of aromatic nitrogens is 1. The maximum absolute atomic E-state index is 12.9. The van der Waals surface area contributed by atoms with E-state index in [1.54, 1.807) is 53.5 Å². The van der Waals surface area contributed by atoms with E-state index in [1.807, 2.05) is 48.7 Å². The minimum Gasteiger partial charge on any atom is -0.478 e. The summed E-state index contributed by atoms with van der Waals surface area (Å²) in [6.07, 6.45) is 5.68. The molecule has 0 aliphatic carbocycles.